The van der Waals surface area contributed by atoms with Gasteiger partial charge < -0.3 is 15.1 Å². The maximum Gasteiger partial charge on any atom is 0.315 e. The van der Waals surface area contributed by atoms with E-state index >= 15 is 0 Å². The minimum atomic E-state index is -0.206. The van der Waals surface area contributed by atoms with E-state index in [0.717, 1.165) is 17.5 Å². The van der Waals surface area contributed by atoms with E-state index < -0.39 is 0 Å². The second kappa shape index (κ2) is 6.29. The van der Waals surface area contributed by atoms with Gasteiger partial charge in [0.25, 0.3) is 0 Å². The molecule has 1 heterocycles. The Morgan fingerprint density at radius 1 is 1.32 bits per heavy atom. The average Bonchev–Trinajstić information content (AvgIpc) is 2.80. The molecule has 1 aromatic heterocycles. The molecule has 19 heavy (non-hydrogen) atoms. The van der Waals surface area contributed by atoms with Gasteiger partial charge in [-0.2, -0.15) is 0 Å². The molecule has 0 saturated carbocycles. The van der Waals surface area contributed by atoms with Crippen LogP contribution < -0.4 is 10.6 Å². The van der Waals surface area contributed by atoms with Gasteiger partial charge in [0.2, 0.25) is 5.89 Å². The first-order valence-corrected chi connectivity index (χ1v) is 6.15. The minimum absolute atomic E-state index is 0.206. The third kappa shape index (κ3) is 3.75. The fourth-order valence-corrected chi connectivity index (χ4v) is 1.79. The predicted octanol–water partition coefficient (Wildman–Crippen LogP) is 1.89. The highest BCUT2D eigenvalue weighted by atomic mass is 19.1. The summed E-state index contributed by atoms with van der Waals surface area (Å²) in [6.07, 6.45) is 0.774. The van der Waals surface area contributed by atoms with E-state index in [9.17, 15) is 4.39 Å². The molecule has 0 fully saturated rings. The molecule has 2 aromatic rings. The highest BCUT2D eigenvalue weighted by molar-refractivity contribution is 5.28. The number of aryl methyl sites for hydroxylation is 1. The summed E-state index contributed by atoms with van der Waals surface area (Å²) in [7, 11) is 1.81. The Bertz CT molecular complexity index is 541. The number of halogens is 1. The van der Waals surface area contributed by atoms with E-state index in [2.05, 4.69) is 20.8 Å². The van der Waals surface area contributed by atoms with Crippen LogP contribution in [0.2, 0.25) is 0 Å². The van der Waals surface area contributed by atoms with Crippen LogP contribution in [-0.2, 0) is 13.0 Å². The zero-order valence-electron chi connectivity index (χ0n) is 11.0. The van der Waals surface area contributed by atoms with Crippen LogP contribution in [0.15, 0.2) is 22.6 Å². The van der Waals surface area contributed by atoms with Crippen LogP contribution in [0.4, 0.5) is 10.4 Å². The number of nitrogens with one attached hydrogen (secondary N) is 2. The predicted molar refractivity (Wildman–Crippen MR) is 70.4 cm³/mol. The Labute approximate surface area is 111 Å². The quantitative estimate of drug-likeness (QED) is 0.834. The molecule has 102 valence electrons. The third-order valence-electron chi connectivity index (χ3n) is 2.77. The SMILES string of the molecule is CNCc1nnc(NCCc2ccc(F)cc2C)o1. The van der Waals surface area contributed by atoms with Crippen LogP contribution in [0.1, 0.15) is 17.0 Å². The molecule has 2 N–H and O–H groups in total. The fraction of sp³-hybridized carbons (Fsp3) is 0.385. The molecule has 0 radical (unpaired) electrons. The number of benzene rings is 1. The zero-order valence-corrected chi connectivity index (χ0v) is 11.0. The molecular weight excluding hydrogens is 247 g/mol. The second-order valence-electron chi connectivity index (χ2n) is 4.28. The number of aromatic nitrogens is 2. The van der Waals surface area contributed by atoms with Gasteiger partial charge in [0.15, 0.2) is 0 Å². The first-order valence-electron chi connectivity index (χ1n) is 6.15. The van der Waals surface area contributed by atoms with Crippen LogP contribution in [-0.4, -0.2) is 23.8 Å². The van der Waals surface area contributed by atoms with E-state index in [1.54, 1.807) is 6.07 Å². The van der Waals surface area contributed by atoms with Crippen LogP contribution in [0.25, 0.3) is 0 Å². The number of hydrogen-bond acceptors (Lipinski definition) is 5. The summed E-state index contributed by atoms with van der Waals surface area (Å²) < 4.78 is 18.3. The number of nitrogens with zero attached hydrogens (tertiary/aromatic N) is 2. The maximum absolute atomic E-state index is 13.0. The van der Waals surface area contributed by atoms with Crippen LogP contribution in [0.3, 0.4) is 0 Å². The summed E-state index contributed by atoms with van der Waals surface area (Å²) in [6, 6.07) is 5.21. The molecule has 0 aliphatic carbocycles. The smallest absolute Gasteiger partial charge is 0.315 e. The van der Waals surface area contributed by atoms with Gasteiger partial charge in [-0.15, -0.1) is 5.10 Å². The van der Waals surface area contributed by atoms with Gasteiger partial charge in [-0.25, -0.2) is 4.39 Å². The summed E-state index contributed by atoms with van der Waals surface area (Å²) in [4.78, 5) is 0. The van der Waals surface area contributed by atoms with E-state index in [4.69, 9.17) is 4.42 Å². The van der Waals surface area contributed by atoms with Crippen molar-refractivity contribution in [3.05, 3.63) is 41.0 Å². The Balaban J connectivity index is 1.85. The molecule has 0 unspecified atom stereocenters. The molecule has 0 aliphatic rings. The molecular formula is C13H17FN4O. The van der Waals surface area contributed by atoms with Crippen molar-refractivity contribution < 1.29 is 8.81 Å². The third-order valence-corrected chi connectivity index (χ3v) is 2.77. The lowest BCUT2D eigenvalue weighted by atomic mass is 10.1. The Kier molecular flexibility index (Phi) is 4.46. The van der Waals surface area contributed by atoms with Crippen molar-refractivity contribution in [2.45, 2.75) is 19.9 Å². The van der Waals surface area contributed by atoms with Crippen molar-refractivity contribution in [3.8, 4) is 0 Å². The molecule has 0 spiro atoms. The molecule has 5 nitrogen and oxygen atoms in total. The summed E-state index contributed by atoms with van der Waals surface area (Å²) in [6.45, 7) is 3.11. The number of hydrogen-bond donors (Lipinski definition) is 2. The molecule has 6 heteroatoms. The lowest BCUT2D eigenvalue weighted by Crippen LogP contribution is -2.06. The van der Waals surface area contributed by atoms with Gasteiger partial charge >= 0.3 is 6.01 Å². The lowest BCUT2D eigenvalue weighted by Gasteiger charge is -2.05. The number of rotatable bonds is 6. The van der Waals surface area contributed by atoms with Crippen molar-refractivity contribution in [1.82, 2.24) is 15.5 Å². The highest BCUT2D eigenvalue weighted by Crippen LogP contribution is 2.11. The first-order chi connectivity index (χ1) is 9.19. The molecule has 0 bridgehead atoms. The molecule has 1 aromatic carbocycles. The second-order valence-corrected chi connectivity index (χ2v) is 4.28. The van der Waals surface area contributed by atoms with Crippen molar-refractivity contribution in [2.75, 3.05) is 18.9 Å². The van der Waals surface area contributed by atoms with E-state index in [1.807, 2.05) is 14.0 Å². The summed E-state index contributed by atoms with van der Waals surface area (Å²) in [5, 5.41) is 13.7. The fourth-order valence-electron chi connectivity index (χ4n) is 1.79. The van der Waals surface area contributed by atoms with Gasteiger partial charge in [0.05, 0.1) is 6.54 Å². The Morgan fingerprint density at radius 2 is 2.16 bits per heavy atom. The molecule has 0 saturated heterocycles. The minimum Gasteiger partial charge on any atom is -0.407 e. The topological polar surface area (TPSA) is 63.0 Å². The summed E-state index contributed by atoms with van der Waals surface area (Å²) in [5.41, 5.74) is 2.05. The monoisotopic (exact) mass is 264 g/mol. The van der Waals surface area contributed by atoms with Crippen molar-refractivity contribution in [2.24, 2.45) is 0 Å². The van der Waals surface area contributed by atoms with E-state index in [1.165, 1.54) is 12.1 Å². The molecule has 2 rings (SSSR count). The summed E-state index contributed by atoms with van der Waals surface area (Å²) >= 11 is 0. The van der Waals surface area contributed by atoms with Gasteiger partial charge in [-0.05, 0) is 43.7 Å². The maximum atomic E-state index is 13.0. The van der Waals surface area contributed by atoms with Gasteiger partial charge in [-0.3, -0.25) is 0 Å². The average molecular weight is 264 g/mol. The normalized spacial score (nSPS) is 10.7. The zero-order chi connectivity index (χ0) is 13.7. The molecule has 0 atom stereocenters. The first kappa shape index (κ1) is 13.5. The van der Waals surface area contributed by atoms with Crippen molar-refractivity contribution in [3.63, 3.8) is 0 Å². The van der Waals surface area contributed by atoms with Gasteiger partial charge in [-0.1, -0.05) is 11.2 Å². The van der Waals surface area contributed by atoms with Gasteiger partial charge in [0.1, 0.15) is 5.82 Å². The van der Waals surface area contributed by atoms with Crippen molar-refractivity contribution >= 4 is 6.01 Å². The number of anilines is 1. The molecule has 0 amide bonds. The highest BCUT2D eigenvalue weighted by Gasteiger charge is 2.05. The standard InChI is InChI=1S/C13H17FN4O/c1-9-7-11(14)4-3-10(9)5-6-16-13-18-17-12(19-13)8-15-2/h3-4,7,15H,5-6,8H2,1-2H3,(H,16,18). The van der Waals surface area contributed by atoms with Crippen LogP contribution >= 0.6 is 0 Å². The van der Waals surface area contributed by atoms with Gasteiger partial charge in [0, 0.05) is 6.54 Å². The molecule has 0 aliphatic heterocycles. The summed E-state index contributed by atoms with van der Waals surface area (Å²) in [5.74, 6) is 0.339. The largest absolute Gasteiger partial charge is 0.407 e. The van der Waals surface area contributed by atoms with E-state index in [-0.39, 0.29) is 5.82 Å². The van der Waals surface area contributed by atoms with E-state index in [0.29, 0.717) is 25.0 Å². The Hall–Kier alpha value is -1.95. The van der Waals surface area contributed by atoms with Crippen LogP contribution in [0, 0.1) is 12.7 Å². The van der Waals surface area contributed by atoms with Crippen molar-refractivity contribution in [1.29, 1.82) is 0 Å². The Morgan fingerprint density at radius 3 is 2.89 bits per heavy atom. The van der Waals surface area contributed by atoms with Crippen LogP contribution in [0.5, 0.6) is 0 Å². The lowest BCUT2D eigenvalue weighted by molar-refractivity contribution is 0.489.